The van der Waals surface area contributed by atoms with Crippen LogP contribution in [0.1, 0.15) is 13.8 Å². The summed E-state index contributed by atoms with van der Waals surface area (Å²) in [7, 11) is 0. The van der Waals surface area contributed by atoms with E-state index in [0.717, 1.165) is 0 Å². The van der Waals surface area contributed by atoms with Gasteiger partial charge in [-0.15, -0.1) is 0 Å². The normalized spacial score (nSPS) is 15.4. The van der Waals surface area contributed by atoms with Crippen molar-refractivity contribution < 1.29 is 27.8 Å². The van der Waals surface area contributed by atoms with Gasteiger partial charge in [0.1, 0.15) is 5.57 Å². The molecule has 1 atom stereocenters. The molecule has 0 aliphatic heterocycles. The smallest absolute Gasteiger partial charge is 0.433 e. The van der Waals surface area contributed by atoms with Gasteiger partial charge in [-0.1, -0.05) is 0 Å². The van der Waals surface area contributed by atoms with E-state index < -0.39 is 36.1 Å². The van der Waals surface area contributed by atoms with Gasteiger partial charge in [-0.2, -0.15) is 13.2 Å². The lowest BCUT2D eigenvalue weighted by Crippen LogP contribution is -2.31. The Bertz CT molecular complexity index is 349. The van der Waals surface area contributed by atoms with E-state index in [2.05, 4.69) is 9.73 Å². The molecular formula is C10H15F3N2O3. The maximum atomic E-state index is 12.7. The van der Waals surface area contributed by atoms with Crippen LogP contribution in [0, 0.1) is 0 Å². The van der Waals surface area contributed by atoms with Crippen LogP contribution < -0.4 is 5.73 Å². The van der Waals surface area contributed by atoms with Crippen LogP contribution in [0.4, 0.5) is 13.2 Å². The second-order valence-corrected chi connectivity index (χ2v) is 3.34. The van der Waals surface area contributed by atoms with Gasteiger partial charge in [-0.05, 0) is 13.8 Å². The molecule has 104 valence electrons. The Morgan fingerprint density at radius 1 is 1.56 bits per heavy atom. The van der Waals surface area contributed by atoms with E-state index in [0.29, 0.717) is 6.20 Å². The molecule has 0 amide bonds. The molecule has 0 aromatic rings. The Labute approximate surface area is 102 Å². The number of carbonyl (C=O) groups is 1. The van der Waals surface area contributed by atoms with Crippen molar-refractivity contribution in [2.24, 2.45) is 10.7 Å². The van der Waals surface area contributed by atoms with Gasteiger partial charge in [0.25, 0.3) is 0 Å². The van der Waals surface area contributed by atoms with E-state index in [1.54, 1.807) is 0 Å². The summed E-state index contributed by atoms with van der Waals surface area (Å²) >= 11 is 0. The summed E-state index contributed by atoms with van der Waals surface area (Å²) in [5.41, 5.74) is 2.68. The van der Waals surface area contributed by atoms with Gasteiger partial charge in [0.2, 0.25) is 0 Å². The monoisotopic (exact) mass is 268 g/mol. The van der Waals surface area contributed by atoms with E-state index in [1.165, 1.54) is 13.8 Å². The zero-order valence-electron chi connectivity index (χ0n) is 9.99. The number of nitrogens with zero attached hydrogens (tertiary/aromatic N) is 1. The highest BCUT2D eigenvalue weighted by Crippen LogP contribution is 2.23. The number of hydrogen-bond acceptors (Lipinski definition) is 5. The van der Waals surface area contributed by atoms with Crippen molar-refractivity contribution in [2.75, 3.05) is 13.2 Å². The van der Waals surface area contributed by atoms with Gasteiger partial charge >= 0.3 is 12.1 Å². The Balaban J connectivity index is 5.30. The lowest BCUT2D eigenvalue weighted by atomic mass is 10.1. The summed E-state index contributed by atoms with van der Waals surface area (Å²) in [5.74, 6) is -1.21. The maximum Gasteiger partial charge on any atom is 0.433 e. The molecule has 0 aliphatic carbocycles. The first-order valence-electron chi connectivity index (χ1n) is 5.13. The van der Waals surface area contributed by atoms with E-state index >= 15 is 0 Å². The highest BCUT2D eigenvalue weighted by molar-refractivity contribution is 6.21. The highest BCUT2D eigenvalue weighted by atomic mass is 19.4. The Kier molecular flexibility index (Phi) is 6.39. The fourth-order valence-corrected chi connectivity index (χ4v) is 1.00. The quantitative estimate of drug-likeness (QED) is 0.438. The summed E-state index contributed by atoms with van der Waals surface area (Å²) in [6.45, 7) is 2.14. The SMILES string of the molecule is CCOC(=O)C(=CN)C(=NC[C@H](C)O)C(F)(F)F. The molecule has 0 fully saturated rings. The van der Waals surface area contributed by atoms with Crippen LogP contribution in [0.5, 0.6) is 0 Å². The van der Waals surface area contributed by atoms with Gasteiger partial charge in [-0.25, -0.2) is 4.79 Å². The van der Waals surface area contributed by atoms with Crippen LogP contribution in [-0.2, 0) is 9.53 Å². The van der Waals surface area contributed by atoms with Gasteiger partial charge in [0, 0.05) is 6.20 Å². The number of carbonyl (C=O) groups excluding carboxylic acids is 1. The van der Waals surface area contributed by atoms with Crippen molar-refractivity contribution in [1.82, 2.24) is 0 Å². The summed E-state index contributed by atoms with van der Waals surface area (Å²) in [4.78, 5) is 14.5. The zero-order valence-corrected chi connectivity index (χ0v) is 9.99. The van der Waals surface area contributed by atoms with E-state index in [9.17, 15) is 18.0 Å². The number of nitrogens with two attached hydrogens (primary N) is 1. The van der Waals surface area contributed by atoms with Gasteiger partial charge in [-0.3, -0.25) is 4.99 Å². The molecule has 0 saturated carbocycles. The van der Waals surface area contributed by atoms with E-state index in [1.807, 2.05) is 0 Å². The number of aliphatic hydroxyl groups is 1. The number of aliphatic hydroxyl groups excluding tert-OH is 1. The minimum absolute atomic E-state index is 0.0856. The average Bonchev–Trinajstić information content (AvgIpc) is 2.22. The number of ether oxygens (including phenoxy) is 1. The fraction of sp³-hybridized carbons (Fsp3) is 0.600. The molecule has 0 bridgehead atoms. The number of aliphatic imine (C=N–C) groups is 1. The molecule has 3 N–H and O–H groups in total. The minimum Gasteiger partial charge on any atom is -0.462 e. The number of alkyl halides is 3. The standard InChI is InChI=1S/C10H15F3N2O3/c1-3-18-9(17)7(4-14)8(10(11,12)13)15-5-6(2)16/h4,6,16H,3,5,14H2,1-2H3/t6-/m0/s1. The third-order valence-corrected chi connectivity index (χ3v) is 1.70. The molecule has 0 unspecified atom stereocenters. The molecule has 8 heteroatoms. The van der Waals surface area contributed by atoms with Crippen molar-refractivity contribution >= 4 is 11.7 Å². The number of rotatable bonds is 5. The molecule has 0 spiro atoms. The second-order valence-electron chi connectivity index (χ2n) is 3.34. The molecule has 0 rings (SSSR count). The first kappa shape index (κ1) is 16.4. The van der Waals surface area contributed by atoms with Crippen molar-refractivity contribution in [1.29, 1.82) is 0 Å². The molecule has 18 heavy (non-hydrogen) atoms. The Morgan fingerprint density at radius 3 is 2.44 bits per heavy atom. The molecule has 0 radical (unpaired) electrons. The van der Waals surface area contributed by atoms with E-state index in [-0.39, 0.29) is 6.61 Å². The maximum absolute atomic E-state index is 12.7. The topological polar surface area (TPSA) is 84.9 Å². The van der Waals surface area contributed by atoms with Crippen LogP contribution in [0.3, 0.4) is 0 Å². The van der Waals surface area contributed by atoms with Crippen molar-refractivity contribution in [3.05, 3.63) is 11.8 Å². The van der Waals surface area contributed by atoms with Crippen LogP contribution in [0.25, 0.3) is 0 Å². The molecule has 0 aliphatic rings. The van der Waals surface area contributed by atoms with Crippen molar-refractivity contribution in [3.63, 3.8) is 0 Å². The third-order valence-electron chi connectivity index (χ3n) is 1.70. The third kappa shape index (κ3) is 5.17. The molecule has 0 saturated heterocycles. The lowest BCUT2D eigenvalue weighted by Gasteiger charge is -2.13. The number of esters is 1. The molecule has 5 nitrogen and oxygen atoms in total. The minimum atomic E-state index is -4.85. The molecule has 0 heterocycles. The summed E-state index contributed by atoms with van der Waals surface area (Å²) in [6.07, 6.45) is -5.43. The second kappa shape index (κ2) is 7.00. The van der Waals surface area contributed by atoms with Crippen molar-refractivity contribution in [2.45, 2.75) is 26.1 Å². The molecular weight excluding hydrogens is 253 g/mol. The number of hydrogen-bond donors (Lipinski definition) is 2. The summed E-state index contributed by atoms with van der Waals surface area (Å²) in [6, 6.07) is 0. The Morgan fingerprint density at radius 2 is 2.11 bits per heavy atom. The first-order chi connectivity index (χ1) is 8.23. The van der Waals surface area contributed by atoms with Crippen LogP contribution in [0.2, 0.25) is 0 Å². The summed E-state index contributed by atoms with van der Waals surface area (Å²) in [5, 5.41) is 8.92. The largest absolute Gasteiger partial charge is 0.462 e. The molecule has 0 aromatic heterocycles. The first-order valence-corrected chi connectivity index (χ1v) is 5.13. The number of halogens is 3. The van der Waals surface area contributed by atoms with Gasteiger partial charge in [0.05, 0.1) is 19.3 Å². The van der Waals surface area contributed by atoms with Crippen LogP contribution in [0.15, 0.2) is 16.8 Å². The summed E-state index contributed by atoms with van der Waals surface area (Å²) < 4.78 is 42.5. The zero-order chi connectivity index (χ0) is 14.3. The van der Waals surface area contributed by atoms with E-state index in [4.69, 9.17) is 10.8 Å². The Hall–Kier alpha value is -1.57. The predicted octanol–water partition coefficient (Wildman–Crippen LogP) is 0.776. The van der Waals surface area contributed by atoms with Crippen LogP contribution >= 0.6 is 0 Å². The van der Waals surface area contributed by atoms with Gasteiger partial charge < -0.3 is 15.6 Å². The average molecular weight is 268 g/mol. The fourth-order valence-electron chi connectivity index (χ4n) is 1.00. The molecule has 0 aromatic carbocycles. The van der Waals surface area contributed by atoms with Crippen LogP contribution in [-0.4, -0.2) is 42.2 Å². The van der Waals surface area contributed by atoms with Gasteiger partial charge in [0.15, 0.2) is 5.71 Å². The lowest BCUT2D eigenvalue weighted by molar-refractivity contribution is -0.138. The highest BCUT2D eigenvalue weighted by Gasteiger charge is 2.40. The predicted molar refractivity (Wildman–Crippen MR) is 58.9 cm³/mol. The van der Waals surface area contributed by atoms with Crippen molar-refractivity contribution in [3.8, 4) is 0 Å².